The number of amides is 3. The third-order valence-corrected chi connectivity index (χ3v) is 10.3. The van der Waals surface area contributed by atoms with Gasteiger partial charge in [0.25, 0.3) is 0 Å². The summed E-state index contributed by atoms with van der Waals surface area (Å²) < 4.78 is 7.16. The van der Waals surface area contributed by atoms with E-state index in [0.29, 0.717) is 32.4 Å². The molecular weight excluding hydrogens is 656 g/mol. The number of carbonyl (C=O) groups is 4. The molecule has 10 nitrogen and oxygen atoms in total. The van der Waals surface area contributed by atoms with Gasteiger partial charge >= 0.3 is 10.8 Å². The fourth-order valence-corrected chi connectivity index (χ4v) is 8.30. The highest BCUT2D eigenvalue weighted by Gasteiger charge is 2.56. The summed E-state index contributed by atoms with van der Waals surface area (Å²) in [5.41, 5.74) is 1.96. The summed E-state index contributed by atoms with van der Waals surface area (Å²) in [5.74, 6) is -2.99. The van der Waals surface area contributed by atoms with Crippen molar-refractivity contribution in [2.45, 2.75) is 29.7 Å². The summed E-state index contributed by atoms with van der Waals surface area (Å²) >= 11 is 5.50. The number of pyridine rings is 1. The molecular formula is C30H23BrN4O6S2. The Morgan fingerprint density at radius 2 is 1.77 bits per heavy atom. The zero-order valence-corrected chi connectivity index (χ0v) is 25.8. The lowest BCUT2D eigenvalue weighted by molar-refractivity contribution is -0.122. The van der Waals surface area contributed by atoms with Gasteiger partial charge in [0, 0.05) is 33.3 Å². The van der Waals surface area contributed by atoms with Crippen LogP contribution in [0.3, 0.4) is 0 Å². The molecule has 218 valence electrons. The van der Waals surface area contributed by atoms with Crippen LogP contribution in [0, 0.1) is 5.92 Å². The van der Waals surface area contributed by atoms with Crippen LogP contribution in [0.5, 0.6) is 0 Å². The van der Waals surface area contributed by atoms with Gasteiger partial charge in [-0.2, -0.15) is 0 Å². The number of aromatic nitrogens is 2. The monoisotopic (exact) mass is 678 g/mol. The van der Waals surface area contributed by atoms with Crippen molar-refractivity contribution < 1.29 is 23.9 Å². The number of carbonyl (C=O) groups excluding carboxylic acids is 4. The highest BCUT2D eigenvalue weighted by Crippen LogP contribution is 2.53. The minimum Gasteiger partial charge on any atom is -0.462 e. The maximum Gasteiger partial charge on any atom is 0.338 e. The zero-order valence-electron chi connectivity index (χ0n) is 22.6. The average Bonchev–Trinajstić information content (AvgIpc) is 3.44. The Labute approximate surface area is 262 Å². The number of nitrogens with zero attached hydrogens (tertiary/aromatic N) is 3. The van der Waals surface area contributed by atoms with Gasteiger partial charge in [0.15, 0.2) is 0 Å². The molecule has 0 saturated carbocycles. The number of anilines is 2. The van der Waals surface area contributed by atoms with Gasteiger partial charge in [-0.3, -0.25) is 28.7 Å². The highest BCUT2D eigenvalue weighted by atomic mass is 79.9. The predicted molar refractivity (Wildman–Crippen MR) is 165 cm³/mol. The number of fused-ring (bicyclic) bond motifs is 2. The van der Waals surface area contributed by atoms with Gasteiger partial charge in [0.1, 0.15) is 11.8 Å². The molecule has 0 radical (unpaired) electrons. The third-order valence-electron chi connectivity index (χ3n) is 7.16. The van der Waals surface area contributed by atoms with Crippen LogP contribution < -0.4 is 15.1 Å². The normalized spacial score (nSPS) is 19.1. The second-order valence-electron chi connectivity index (χ2n) is 9.79. The molecule has 13 heteroatoms. The Bertz CT molecular complexity index is 1790. The maximum atomic E-state index is 13.9. The van der Waals surface area contributed by atoms with Crippen LogP contribution >= 0.6 is 39.0 Å². The summed E-state index contributed by atoms with van der Waals surface area (Å²) in [6.07, 6.45) is 3.26. The Morgan fingerprint density at radius 1 is 1.02 bits per heavy atom. The van der Waals surface area contributed by atoms with Gasteiger partial charge in [-0.15, -0.1) is 0 Å². The lowest BCUT2D eigenvalue weighted by atomic mass is 9.84. The first-order chi connectivity index (χ1) is 20.8. The summed E-state index contributed by atoms with van der Waals surface area (Å²) in [6.45, 7) is 1.67. The standard InChI is InChI=1S/C30H23BrN4O6S2/c1-2-41-29(39)16-5-9-19(10-6-16)33-21(36)15-34-28-25(43-30(34)40)22(17-4-3-13-32-14-17)23-24(42-28)27(38)35(26(23)37)20-11-7-18(31)8-12-20/h3-14,22-24H,2,15H2,1H3,(H,33,36). The number of thiazole rings is 1. The zero-order chi connectivity index (χ0) is 30.2. The van der Waals surface area contributed by atoms with E-state index in [2.05, 4.69) is 26.2 Å². The molecule has 1 fully saturated rings. The van der Waals surface area contributed by atoms with Crippen LogP contribution in [0.1, 0.15) is 33.6 Å². The number of imide groups is 1. The van der Waals surface area contributed by atoms with E-state index in [-0.39, 0.29) is 29.8 Å². The molecule has 43 heavy (non-hydrogen) atoms. The van der Waals surface area contributed by atoms with Crippen LogP contribution in [0.15, 0.2) is 87.4 Å². The molecule has 4 heterocycles. The van der Waals surface area contributed by atoms with Crippen molar-refractivity contribution in [3.05, 3.63) is 103 Å². The maximum absolute atomic E-state index is 13.9. The third kappa shape index (κ3) is 5.43. The molecule has 6 rings (SSSR count). The fraction of sp³-hybridized carbons (Fsp3) is 0.200. The first kappa shape index (κ1) is 29.0. The molecule has 0 spiro atoms. The molecule has 3 unspecified atom stereocenters. The second kappa shape index (κ2) is 11.9. The van der Waals surface area contributed by atoms with Gasteiger partial charge in [-0.25, -0.2) is 9.69 Å². The van der Waals surface area contributed by atoms with Gasteiger partial charge in [0.2, 0.25) is 17.7 Å². The van der Waals surface area contributed by atoms with E-state index in [1.165, 1.54) is 9.47 Å². The van der Waals surface area contributed by atoms with E-state index in [1.807, 2.05) is 6.07 Å². The van der Waals surface area contributed by atoms with E-state index in [9.17, 15) is 24.0 Å². The number of halogens is 1. The van der Waals surface area contributed by atoms with Crippen LogP contribution in [0.2, 0.25) is 0 Å². The van der Waals surface area contributed by atoms with Crippen molar-refractivity contribution in [2.75, 3.05) is 16.8 Å². The van der Waals surface area contributed by atoms with Crippen LogP contribution in [-0.2, 0) is 25.7 Å². The van der Waals surface area contributed by atoms with Crippen molar-refractivity contribution in [1.29, 1.82) is 0 Å². The number of benzene rings is 2. The number of hydrogen-bond acceptors (Lipinski definition) is 9. The SMILES string of the molecule is CCOC(=O)c1ccc(NC(=O)Cn2c3c(sc2=O)C(c2cccnc2)C2C(=O)N(c4ccc(Br)cc4)C(=O)C2S3)cc1. The molecule has 0 aliphatic carbocycles. The predicted octanol–water partition coefficient (Wildman–Crippen LogP) is 4.68. The molecule has 3 amide bonds. The number of hydrogen-bond donors (Lipinski definition) is 1. The number of esters is 1. The van der Waals surface area contributed by atoms with Crippen molar-refractivity contribution in [1.82, 2.24) is 9.55 Å². The van der Waals surface area contributed by atoms with Gasteiger partial charge < -0.3 is 10.1 Å². The Morgan fingerprint density at radius 3 is 2.44 bits per heavy atom. The summed E-state index contributed by atoms with van der Waals surface area (Å²) in [5, 5.41) is 2.44. The quantitative estimate of drug-likeness (QED) is 0.221. The van der Waals surface area contributed by atoms with E-state index in [1.54, 1.807) is 73.9 Å². The number of ether oxygens (including phenoxy) is 1. The van der Waals surface area contributed by atoms with Crippen LogP contribution in [0.4, 0.5) is 11.4 Å². The summed E-state index contributed by atoms with van der Waals surface area (Å²) in [6, 6.07) is 16.8. The van der Waals surface area contributed by atoms with Crippen molar-refractivity contribution in [3.8, 4) is 0 Å². The molecule has 2 aromatic heterocycles. The first-order valence-corrected chi connectivity index (χ1v) is 15.8. The number of nitrogens with one attached hydrogen (secondary N) is 1. The van der Waals surface area contributed by atoms with Crippen LogP contribution in [0.25, 0.3) is 0 Å². The summed E-state index contributed by atoms with van der Waals surface area (Å²) in [4.78, 5) is 71.7. The topological polar surface area (TPSA) is 128 Å². The number of rotatable bonds is 7. The lowest BCUT2D eigenvalue weighted by Gasteiger charge is -2.30. The first-order valence-electron chi connectivity index (χ1n) is 13.3. The molecule has 1 N–H and O–H groups in total. The Hall–Kier alpha value is -4.07. The van der Waals surface area contributed by atoms with Gasteiger partial charge in [-0.05, 0) is 67.1 Å². The van der Waals surface area contributed by atoms with Crippen molar-refractivity contribution in [3.63, 3.8) is 0 Å². The average molecular weight is 680 g/mol. The van der Waals surface area contributed by atoms with Crippen LogP contribution in [-0.4, -0.2) is 45.1 Å². The molecule has 2 aromatic carbocycles. The molecule has 0 bridgehead atoms. The molecule has 4 aromatic rings. The van der Waals surface area contributed by atoms with Crippen molar-refractivity contribution >= 4 is 74.1 Å². The lowest BCUT2D eigenvalue weighted by Crippen LogP contribution is -2.33. The minimum absolute atomic E-state index is 0.250. The molecule has 2 aliphatic heterocycles. The van der Waals surface area contributed by atoms with E-state index < -0.39 is 29.0 Å². The largest absolute Gasteiger partial charge is 0.462 e. The van der Waals surface area contributed by atoms with Crippen molar-refractivity contribution in [2.24, 2.45) is 5.92 Å². The number of thioether (sulfide) groups is 1. The van der Waals surface area contributed by atoms with E-state index >= 15 is 0 Å². The Kier molecular flexibility index (Phi) is 8.03. The Balaban J connectivity index is 1.32. The van der Waals surface area contributed by atoms with Gasteiger partial charge in [-0.1, -0.05) is 45.1 Å². The molecule has 2 aliphatic rings. The van der Waals surface area contributed by atoms with E-state index in [4.69, 9.17) is 4.74 Å². The van der Waals surface area contributed by atoms with Gasteiger partial charge in [0.05, 0.1) is 28.8 Å². The smallest absolute Gasteiger partial charge is 0.338 e. The molecule has 3 atom stereocenters. The minimum atomic E-state index is -0.799. The van der Waals surface area contributed by atoms with E-state index in [0.717, 1.165) is 27.6 Å². The summed E-state index contributed by atoms with van der Waals surface area (Å²) in [7, 11) is 0. The highest BCUT2D eigenvalue weighted by molar-refractivity contribution is 9.10. The second-order valence-corrected chi connectivity index (χ2v) is 12.8. The fourth-order valence-electron chi connectivity index (χ4n) is 5.27. The molecule has 1 saturated heterocycles.